The third-order valence-corrected chi connectivity index (χ3v) is 4.19. The van der Waals surface area contributed by atoms with Gasteiger partial charge >= 0.3 is 0 Å². The van der Waals surface area contributed by atoms with Gasteiger partial charge in [0.25, 0.3) is 0 Å². The predicted octanol–water partition coefficient (Wildman–Crippen LogP) is 4.02. The smallest absolute Gasteiger partial charge is 0.146 e. The van der Waals surface area contributed by atoms with Crippen molar-refractivity contribution < 1.29 is 9.13 Å². The summed E-state index contributed by atoms with van der Waals surface area (Å²) >= 11 is 3.50. The van der Waals surface area contributed by atoms with Crippen molar-refractivity contribution in [3.05, 3.63) is 57.8 Å². The molecular weight excluding hydrogens is 335 g/mol. The third kappa shape index (κ3) is 3.74. The average Bonchev–Trinajstić information content (AvgIpc) is 2.49. The number of aryl methyl sites for hydroxylation is 1. The van der Waals surface area contributed by atoms with Crippen LogP contribution in [0.25, 0.3) is 0 Å². The molecule has 0 amide bonds. The molecule has 0 aliphatic carbocycles. The van der Waals surface area contributed by atoms with Crippen molar-refractivity contribution in [2.24, 2.45) is 5.73 Å². The Kier molecular flexibility index (Phi) is 5.20. The molecule has 0 saturated carbocycles. The minimum absolute atomic E-state index is 0.177. The first-order valence-electron chi connectivity index (χ1n) is 6.61. The van der Waals surface area contributed by atoms with Crippen LogP contribution in [0.2, 0.25) is 0 Å². The highest BCUT2D eigenvalue weighted by Gasteiger charge is 2.13. The molecule has 3 N–H and O–H groups in total. The maximum atomic E-state index is 13.9. The van der Waals surface area contributed by atoms with E-state index in [-0.39, 0.29) is 11.9 Å². The first-order chi connectivity index (χ1) is 10.0. The Labute approximate surface area is 132 Å². The molecule has 0 aliphatic rings. The molecule has 0 spiro atoms. The monoisotopic (exact) mass is 352 g/mol. The molecule has 2 rings (SSSR count). The van der Waals surface area contributed by atoms with Crippen LogP contribution in [0.1, 0.15) is 17.2 Å². The summed E-state index contributed by atoms with van der Waals surface area (Å²) in [7, 11) is 1.55. The lowest BCUT2D eigenvalue weighted by molar-refractivity contribution is 0.414. The summed E-state index contributed by atoms with van der Waals surface area (Å²) < 4.78 is 20.0. The van der Waals surface area contributed by atoms with Gasteiger partial charge in [0, 0.05) is 17.1 Å². The van der Waals surface area contributed by atoms with Gasteiger partial charge < -0.3 is 15.8 Å². The van der Waals surface area contributed by atoms with Crippen molar-refractivity contribution in [3.63, 3.8) is 0 Å². The van der Waals surface area contributed by atoms with Gasteiger partial charge in [-0.25, -0.2) is 4.39 Å². The number of ether oxygens (including phenoxy) is 1. The van der Waals surface area contributed by atoms with Gasteiger partial charge in [-0.2, -0.15) is 0 Å². The summed E-state index contributed by atoms with van der Waals surface area (Å²) in [5.41, 5.74) is 8.34. The quantitative estimate of drug-likeness (QED) is 0.854. The van der Waals surface area contributed by atoms with Crippen LogP contribution in [0.3, 0.4) is 0 Å². The maximum absolute atomic E-state index is 13.9. The SMILES string of the molecule is COc1ccc(F)c(NC(CN)c2ccc(C)c(Br)c2)c1. The number of benzene rings is 2. The predicted molar refractivity (Wildman–Crippen MR) is 87.2 cm³/mol. The molecule has 21 heavy (non-hydrogen) atoms. The van der Waals surface area contributed by atoms with E-state index in [9.17, 15) is 4.39 Å². The standard InChI is InChI=1S/C16H18BrFN2O/c1-10-3-4-11(7-13(10)17)16(9-19)20-15-8-12(21-2)5-6-14(15)18/h3-8,16,20H,9,19H2,1-2H3. The Morgan fingerprint density at radius 3 is 2.67 bits per heavy atom. The number of nitrogens with one attached hydrogen (secondary N) is 1. The van der Waals surface area contributed by atoms with Crippen LogP contribution < -0.4 is 15.8 Å². The number of hydrogen-bond acceptors (Lipinski definition) is 3. The second-order valence-electron chi connectivity index (χ2n) is 4.79. The first-order valence-corrected chi connectivity index (χ1v) is 7.40. The summed E-state index contributed by atoms with van der Waals surface area (Å²) in [6.45, 7) is 2.37. The summed E-state index contributed by atoms with van der Waals surface area (Å²) in [5, 5.41) is 3.13. The molecule has 0 aromatic heterocycles. The Bertz CT molecular complexity index is 634. The van der Waals surface area contributed by atoms with Crippen molar-refractivity contribution in [2.45, 2.75) is 13.0 Å². The molecule has 3 nitrogen and oxygen atoms in total. The molecule has 0 aliphatic heterocycles. The van der Waals surface area contributed by atoms with Crippen molar-refractivity contribution in [3.8, 4) is 5.75 Å². The highest BCUT2D eigenvalue weighted by Crippen LogP contribution is 2.27. The fourth-order valence-corrected chi connectivity index (χ4v) is 2.43. The number of methoxy groups -OCH3 is 1. The molecule has 112 valence electrons. The molecule has 1 unspecified atom stereocenters. The van der Waals surface area contributed by atoms with Crippen molar-refractivity contribution in [1.82, 2.24) is 0 Å². The van der Waals surface area contributed by atoms with E-state index in [0.29, 0.717) is 18.0 Å². The summed E-state index contributed by atoms with van der Waals surface area (Å²) in [6, 6.07) is 10.4. The third-order valence-electron chi connectivity index (χ3n) is 3.34. The number of anilines is 1. The van der Waals surface area contributed by atoms with Crippen LogP contribution in [0.15, 0.2) is 40.9 Å². The molecule has 2 aromatic rings. The van der Waals surface area contributed by atoms with Gasteiger partial charge in [-0.15, -0.1) is 0 Å². The molecule has 5 heteroatoms. The largest absolute Gasteiger partial charge is 0.497 e. The van der Waals surface area contributed by atoms with E-state index in [4.69, 9.17) is 10.5 Å². The van der Waals surface area contributed by atoms with Gasteiger partial charge in [0.15, 0.2) is 0 Å². The molecule has 0 fully saturated rings. The van der Waals surface area contributed by atoms with Gasteiger partial charge in [-0.1, -0.05) is 28.1 Å². The fourth-order valence-electron chi connectivity index (χ4n) is 2.03. The number of rotatable bonds is 5. The zero-order chi connectivity index (χ0) is 15.4. The second-order valence-corrected chi connectivity index (χ2v) is 5.64. The van der Waals surface area contributed by atoms with E-state index in [1.807, 2.05) is 25.1 Å². The summed E-state index contributed by atoms with van der Waals surface area (Å²) in [4.78, 5) is 0. The average molecular weight is 353 g/mol. The van der Waals surface area contributed by atoms with E-state index in [1.54, 1.807) is 19.2 Å². The molecule has 0 bridgehead atoms. The highest BCUT2D eigenvalue weighted by molar-refractivity contribution is 9.10. The van der Waals surface area contributed by atoms with Crippen molar-refractivity contribution in [1.29, 1.82) is 0 Å². The topological polar surface area (TPSA) is 47.3 Å². The Balaban J connectivity index is 2.28. The highest BCUT2D eigenvalue weighted by atomic mass is 79.9. The summed E-state index contributed by atoms with van der Waals surface area (Å²) in [5.74, 6) is 0.264. The van der Waals surface area contributed by atoms with E-state index in [1.165, 1.54) is 6.07 Å². The van der Waals surface area contributed by atoms with Crippen LogP contribution in [-0.4, -0.2) is 13.7 Å². The van der Waals surface area contributed by atoms with Gasteiger partial charge in [0.2, 0.25) is 0 Å². The lowest BCUT2D eigenvalue weighted by atomic mass is 10.0. The Hall–Kier alpha value is -1.59. The molecule has 1 atom stereocenters. The van der Waals surface area contributed by atoms with E-state index < -0.39 is 0 Å². The molecule has 0 heterocycles. The first kappa shape index (κ1) is 15.8. The van der Waals surface area contributed by atoms with E-state index in [2.05, 4.69) is 21.2 Å². The zero-order valence-electron chi connectivity index (χ0n) is 12.0. The minimum atomic E-state index is -0.333. The minimum Gasteiger partial charge on any atom is -0.497 e. The molecule has 0 saturated heterocycles. The Morgan fingerprint density at radius 1 is 1.29 bits per heavy atom. The number of hydrogen-bond donors (Lipinski definition) is 2. The molecular formula is C16H18BrFN2O. The zero-order valence-corrected chi connectivity index (χ0v) is 13.6. The van der Waals surface area contributed by atoms with Gasteiger partial charge in [-0.05, 0) is 36.2 Å². The normalized spacial score (nSPS) is 12.0. The van der Waals surface area contributed by atoms with Crippen LogP contribution in [-0.2, 0) is 0 Å². The van der Waals surface area contributed by atoms with E-state index in [0.717, 1.165) is 15.6 Å². The lowest BCUT2D eigenvalue weighted by Gasteiger charge is -2.20. The number of halogens is 2. The van der Waals surface area contributed by atoms with Crippen LogP contribution in [0.4, 0.5) is 10.1 Å². The van der Waals surface area contributed by atoms with Crippen LogP contribution in [0, 0.1) is 12.7 Å². The van der Waals surface area contributed by atoms with Crippen molar-refractivity contribution in [2.75, 3.05) is 19.0 Å². The molecule has 2 aromatic carbocycles. The van der Waals surface area contributed by atoms with Crippen LogP contribution >= 0.6 is 15.9 Å². The van der Waals surface area contributed by atoms with Gasteiger partial charge in [0.1, 0.15) is 11.6 Å². The van der Waals surface area contributed by atoms with Crippen molar-refractivity contribution >= 4 is 21.6 Å². The maximum Gasteiger partial charge on any atom is 0.146 e. The number of nitrogens with two attached hydrogens (primary N) is 1. The Morgan fingerprint density at radius 2 is 2.05 bits per heavy atom. The summed E-state index contributed by atoms with van der Waals surface area (Å²) in [6.07, 6.45) is 0. The van der Waals surface area contributed by atoms with E-state index >= 15 is 0 Å². The van der Waals surface area contributed by atoms with Gasteiger partial charge in [-0.3, -0.25) is 0 Å². The lowest BCUT2D eigenvalue weighted by Crippen LogP contribution is -2.21. The van der Waals surface area contributed by atoms with Gasteiger partial charge in [0.05, 0.1) is 18.8 Å². The van der Waals surface area contributed by atoms with Crippen LogP contribution in [0.5, 0.6) is 5.75 Å². The second kappa shape index (κ2) is 6.91. The fraction of sp³-hybridized carbons (Fsp3) is 0.250. The molecule has 0 radical (unpaired) electrons.